The molecule has 0 radical (unpaired) electrons. The van der Waals surface area contributed by atoms with Gasteiger partial charge in [-0.15, -0.1) is 0 Å². The average molecular weight is 340 g/mol. The van der Waals surface area contributed by atoms with Gasteiger partial charge in [0.05, 0.1) is 9.82 Å². The summed E-state index contributed by atoms with van der Waals surface area (Å²) in [5.74, 6) is 0.00433. The molecule has 122 valence electrons. The fourth-order valence-electron chi connectivity index (χ4n) is 1.72. The summed E-state index contributed by atoms with van der Waals surface area (Å²) in [6.45, 7) is -0.0117. The quantitative estimate of drug-likeness (QED) is 0.473. The van der Waals surface area contributed by atoms with E-state index in [0.29, 0.717) is 5.75 Å². The minimum Gasteiger partial charge on any atom is -0.492 e. The lowest BCUT2D eigenvalue weighted by Crippen LogP contribution is -2.28. The van der Waals surface area contributed by atoms with Crippen LogP contribution in [0.5, 0.6) is 5.75 Å². The van der Waals surface area contributed by atoms with E-state index in [2.05, 4.69) is 4.72 Å². The number of nitro benzene ring substituents is 1. The molecular formula is C14H13FN2O5S. The predicted octanol–water partition coefficient (Wildman–Crippen LogP) is 2.09. The molecule has 0 aliphatic carbocycles. The van der Waals surface area contributed by atoms with E-state index in [4.69, 9.17) is 4.74 Å². The lowest BCUT2D eigenvalue weighted by atomic mass is 10.3. The first-order valence-electron chi connectivity index (χ1n) is 6.51. The van der Waals surface area contributed by atoms with Crippen molar-refractivity contribution in [3.05, 3.63) is 64.5 Å². The SMILES string of the molecule is O=[N+]([O-])c1cccc(S(=O)(=O)NCCOc2ccc(F)cc2)c1. The number of nitro groups is 1. The van der Waals surface area contributed by atoms with E-state index >= 15 is 0 Å². The molecule has 0 aliphatic heterocycles. The number of halogens is 1. The molecule has 7 nitrogen and oxygen atoms in total. The molecule has 0 unspecified atom stereocenters. The Morgan fingerprint density at radius 3 is 2.52 bits per heavy atom. The molecule has 2 rings (SSSR count). The van der Waals surface area contributed by atoms with E-state index in [1.165, 1.54) is 42.5 Å². The summed E-state index contributed by atoms with van der Waals surface area (Å²) in [5, 5.41) is 10.7. The van der Waals surface area contributed by atoms with Gasteiger partial charge in [0, 0.05) is 18.7 Å². The number of benzene rings is 2. The van der Waals surface area contributed by atoms with Crippen LogP contribution in [0.2, 0.25) is 0 Å². The normalized spacial score (nSPS) is 11.2. The number of ether oxygens (including phenoxy) is 1. The molecular weight excluding hydrogens is 327 g/mol. The van der Waals surface area contributed by atoms with Crippen molar-refractivity contribution < 1.29 is 22.5 Å². The van der Waals surface area contributed by atoms with Crippen LogP contribution in [0, 0.1) is 15.9 Å². The van der Waals surface area contributed by atoms with E-state index in [1.807, 2.05) is 0 Å². The van der Waals surface area contributed by atoms with E-state index in [0.717, 1.165) is 6.07 Å². The maximum absolute atomic E-state index is 12.7. The topological polar surface area (TPSA) is 98.5 Å². The zero-order valence-electron chi connectivity index (χ0n) is 11.8. The first-order chi connectivity index (χ1) is 10.9. The molecule has 0 fully saturated rings. The molecule has 23 heavy (non-hydrogen) atoms. The number of nitrogens with one attached hydrogen (secondary N) is 1. The van der Waals surface area contributed by atoms with Crippen LogP contribution in [-0.4, -0.2) is 26.5 Å². The zero-order valence-corrected chi connectivity index (χ0v) is 12.6. The van der Waals surface area contributed by atoms with E-state index in [-0.39, 0.29) is 23.7 Å². The van der Waals surface area contributed by atoms with Gasteiger partial charge in [0.15, 0.2) is 0 Å². The molecule has 0 atom stereocenters. The molecule has 0 aromatic heterocycles. The Morgan fingerprint density at radius 2 is 1.87 bits per heavy atom. The van der Waals surface area contributed by atoms with Crippen LogP contribution < -0.4 is 9.46 Å². The zero-order chi connectivity index (χ0) is 16.9. The third-order valence-electron chi connectivity index (χ3n) is 2.82. The molecule has 0 heterocycles. The summed E-state index contributed by atoms with van der Waals surface area (Å²) in [5.41, 5.74) is -0.310. The Labute approximate surface area is 131 Å². The maximum atomic E-state index is 12.7. The Balaban J connectivity index is 1.92. The summed E-state index contributed by atoms with van der Waals surface area (Å²) in [6, 6.07) is 10.0. The van der Waals surface area contributed by atoms with Gasteiger partial charge in [0.1, 0.15) is 18.2 Å². The Hall–Kier alpha value is -2.52. The van der Waals surface area contributed by atoms with Crippen LogP contribution >= 0.6 is 0 Å². The third kappa shape index (κ3) is 4.73. The molecule has 9 heteroatoms. The van der Waals surface area contributed by atoms with Gasteiger partial charge in [-0.25, -0.2) is 17.5 Å². The minimum absolute atomic E-state index is 0.0276. The number of nitrogens with zero attached hydrogens (tertiary/aromatic N) is 1. The Kier molecular flexibility index (Phi) is 5.24. The van der Waals surface area contributed by atoms with Crippen molar-refractivity contribution in [1.82, 2.24) is 4.72 Å². The number of hydrogen-bond donors (Lipinski definition) is 1. The summed E-state index contributed by atoms with van der Waals surface area (Å²) >= 11 is 0. The number of rotatable bonds is 7. The van der Waals surface area contributed by atoms with Crippen molar-refractivity contribution >= 4 is 15.7 Å². The summed E-state index contributed by atoms with van der Waals surface area (Å²) in [6.07, 6.45) is 0. The van der Waals surface area contributed by atoms with Crippen molar-refractivity contribution in [3.63, 3.8) is 0 Å². The Bertz CT molecular complexity index is 793. The van der Waals surface area contributed by atoms with Gasteiger partial charge in [0.25, 0.3) is 5.69 Å². The lowest BCUT2D eigenvalue weighted by Gasteiger charge is -2.08. The number of sulfonamides is 1. The molecule has 2 aromatic rings. The van der Waals surface area contributed by atoms with E-state index in [9.17, 15) is 22.9 Å². The van der Waals surface area contributed by atoms with Crippen LogP contribution in [0.25, 0.3) is 0 Å². The Morgan fingerprint density at radius 1 is 1.17 bits per heavy atom. The highest BCUT2D eigenvalue weighted by Gasteiger charge is 2.17. The molecule has 0 spiro atoms. The highest BCUT2D eigenvalue weighted by atomic mass is 32.2. The molecule has 0 bridgehead atoms. The van der Waals surface area contributed by atoms with Crippen LogP contribution in [-0.2, 0) is 10.0 Å². The molecule has 0 amide bonds. The van der Waals surface area contributed by atoms with Gasteiger partial charge in [-0.05, 0) is 30.3 Å². The van der Waals surface area contributed by atoms with Crippen molar-refractivity contribution in [1.29, 1.82) is 0 Å². The van der Waals surface area contributed by atoms with Crippen molar-refractivity contribution in [3.8, 4) is 5.75 Å². The van der Waals surface area contributed by atoms with Crippen molar-refractivity contribution in [2.45, 2.75) is 4.90 Å². The largest absolute Gasteiger partial charge is 0.492 e. The standard InChI is InChI=1S/C14H13FN2O5S/c15-11-4-6-13(7-5-11)22-9-8-16-23(20,21)14-3-1-2-12(10-14)17(18)19/h1-7,10,16H,8-9H2. The summed E-state index contributed by atoms with van der Waals surface area (Å²) in [4.78, 5) is 9.79. The van der Waals surface area contributed by atoms with Gasteiger partial charge in [-0.3, -0.25) is 10.1 Å². The second-order valence-electron chi connectivity index (χ2n) is 4.45. The summed E-state index contributed by atoms with van der Waals surface area (Å²) < 4.78 is 44.3. The average Bonchev–Trinajstić information content (AvgIpc) is 2.53. The minimum atomic E-state index is -3.87. The second kappa shape index (κ2) is 7.16. The van der Waals surface area contributed by atoms with Crippen LogP contribution in [0.3, 0.4) is 0 Å². The second-order valence-corrected chi connectivity index (χ2v) is 6.22. The predicted molar refractivity (Wildman–Crippen MR) is 80.2 cm³/mol. The first-order valence-corrected chi connectivity index (χ1v) is 7.99. The molecule has 0 aliphatic rings. The summed E-state index contributed by atoms with van der Waals surface area (Å²) in [7, 11) is -3.87. The van der Waals surface area contributed by atoms with E-state index < -0.39 is 20.8 Å². The molecule has 0 saturated heterocycles. The molecule has 2 aromatic carbocycles. The van der Waals surface area contributed by atoms with Gasteiger partial charge in [-0.1, -0.05) is 6.07 Å². The van der Waals surface area contributed by atoms with Gasteiger partial charge in [0.2, 0.25) is 10.0 Å². The fourth-order valence-corrected chi connectivity index (χ4v) is 2.78. The lowest BCUT2D eigenvalue weighted by molar-refractivity contribution is -0.385. The van der Waals surface area contributed by atoms with Gasteiger partial charge in [-0.2, -0.15) is 0 Å². The van der Waals surface area contributed by atoms with Crippen LogP contribution in [0.4, 0.5) is 10.1 Å². The van der Waals surface area contributed by atoms with Crippen molar-refractivity contribution in [2.24, 2.45) is 0 Å². The molecule has 1 N–H and O–H groups in total. The van der Waals surface area contributed by atoms with Crippen molar-refractivity contribution in [2.75, 3.05) is 13.2 Å². The number of hydrogen-bond acceptors (Lipinski definition) is 5. The highest BCUT2D eigenvalue weighted by Crippen LogP contribution is 2.17. The van der Waals surface area contributed by atoms with Crippen LogP contribution in [0.15, 0.2) is 53.4 Å². The smallest absolute Gasteiger partial charge is 0.270 e. The maximum Gasteiger partial charge on any atom is 0.270 e. The highest BCUT2D eigenvalue weighted by molar-refractivity contribution is 7.89. The third-order valence-corrected chi connectivity index (χ3v) is 4.27. The van der Waals surface area contributed by atoms with Crippen LogP contribution in [0.1, 0.15) is 0 Å². The van der Waals surface area contributed by atoms with Gasteiger partial charge >= 0.3 is 0 Å². The molecule has 0 saturated carbocycles. The van der Waals surface area contributed by atoms with Gasteiger partial charge < -0.3 is 4.74 Å². The first kappa shape index (κ1) is 16.8. The fraction of sp³-hybridized carbons (Fsp3) is 0.143. The monoisotopic (exact) mass is 340 g/mol. The van der Waals surface area contributed by atoms with E-state index in [1.54, 1.807) is 0 Å². The number of non-ortho nitro benzene ring substituents is 1.